The van der Waals surface area contributed by atoms with Gasteiger partial charge in [0.25, 0.3) is 0 Å². The number of rotatable bonds is 6. The van der Waals surface area contributed by atoms with Crippen LogP contribution in [0.3, 0.4) is 0 Å². The van der Waals surface area contributed by atoms with Gasteiger partial charge in [-0.3, -0.25) is 9.69 Å². The topological polar surface area (TPSA) is 36.0 Å². The predicted octanol–water partition coefficient (Wildman–Crippen LogP) is 2.93. The van der Waals surface area contributed by atoms with Crippen molar-refractivity contribution in [2.24, 2.45) is 0 Å². The average molecular weight is 397 g/mol. The van der Waals surface area contributed by atoms with E-state index in [2.05, 4.69) is 15.9 Å². The average Bonchev–Trinajstić information content (AvgIpc) is 3.17. The monoisotopic (exact) mass is 397 g/mol. The molecule has 5 nitrogen and oxygen atoms in total. The van der Waals surface area contributed by atoms with Crippen LogP contribution < -0.4 is 9.64 Å². The standard InChI is InChI=1S/C23H28FN3O2/c1-29-22-7-6-18(16-20(22)24)17-26-14-12-25(13-15-26)10-9-23(28)27-11-8-19-4-2-3-5-21(19)27/h2-7,16H,8-15,17H2,1H3. The second kappa shape index (κ2) is 8.93. The number of fused-ring (bicyclic) bond motifs is 1. The van der Waals surface area contributed by atoms with Crippen LogP contribution in [-0.2, 0) is 17.8 Å². The molecule has 0 bridgehead atoms. The number of carbonyl (C=O) groups excluding carboxylic acids is 1. The lowest BCUT2D eigenvalue weighted by molar-refractivity contribution is -0.118. The molecule has 0 saturated carbocycles. The Morgan fingerprint density at radius 3 is 2.55 bits per heavy atom. The second-order valence-corrected chi connectivity index (χ2v) is 7.76. The first-order chi connectivity index (χ1) is 14.1. The highest BCUT2D eigenvalue weighted by molar-refractivity contribution is 5.95. The maximum atomic E-state index is 13.9. The van der Waals surface area contributed by atoms with Gasteiger partial charge in [0.05, 0.1) is 7.11 Å². The molecule has 29 heavy (non-hydrogen) atoms. The largest absolute Gasteiger partial charge is 0.494 e. The van der Waals surface area contributed by atoms with E-state index in [4.69, 9.17) is 4.74 Å². The van der Waals surface area contributed by atoms with Crippen molar-refractivity contribution in [1.29, 1.82) is 0 Å². The van der Waals surface area contributed by atoms with Crippen molar-refractivity contribution in [2.45, 2.75) is 19.4 Å². The van der Waals surface area contributed by atoms with Gasteiger partial charge in [-0.15, -0.1) is 0 Å². The minimum atomic E-state index is -0.314. The van der Waals surface area contributed by atoms with E-state index < -0.39 is 0 Å². The first kappa shape index (κ1) is 19.9. The van der Waals surface area contributed by atoms with Crippen molar-refractivity contribution in [1.82, 2.24) is 9.80 Å². The van der Waals surface area contributed by atoms with Gasteiger partial charge in [-0.1, -0.05) is 24.3 Å². The van der Waals surface area contributed by atoms with E-state index in [1.165, 1.54) is 12.7 Å². The lowest BCUT2D eigenvalue weighted by Crippen LogP contribution is -2.46. The summed E-state index contributed by atoms with van der Waals surface area (Å²) in [7, 11) is 1.48. The molecule has 0 N–H and O–H groups in total. The lowest BCUT2D eigenvalue weighted by Gasteiger charge is -2.34. The number of carbonyl (C=O) groups is 1. The van der Waals surface area contributed by atoms with Gasteiger partial charge < -0.3 is 14.5 Å². The fourth-order valence-electron chi connectivity index (χ4n) is 4.22. The summed E-state index contributed by atoms with van der Waals surface area (Å²) in [5.41, 5.74) is 3.30. The number of methoxy groups -OCH3 is 1. The molecule has 0 spiro atoms. The Morgan fingerprint density at radius 2 is 1.79 bits per heavy atom. The molecular formula is C23H28FN3O2. The van der Waals surface area contributed by atoms with Crippen LogP contribution in [0.5, 0.6) is 5.75 Å². The van der Waals surface area contributed by atoms with E-state index in [1.807, 2.05) is 29.2 Å². The lowest BCUT2D eigenvalue weighted by atomic mass is 10.1. The highest BCUT2D eigenvalue weighted by Gasteiger charge is 2.25. The zero-order valence-corrected chi connectivity index (χ0v) is 16.9. The van der Waals surface area contributed by atoms with Crippen molar-refractivity contribution < 1.29 is 13.9 Å². The highest BCUT2D eigenvalue weighted by atomic mass is 19.1. The van der Waals surface area contributed by atoms with Crippen LogP contribution in [-0.4, -0.2) is 62.1 Å². The van der Waals surface area contributed by atoms with Crippen LogP contribution in [0.1, 0.15) is 17.5 Å². The van der Waals surface area contributed by atoms with Crippen LogP contribution in [0.4, 0.5) is 10.1 Å². The molecule has 2 aromatic carbocycles. The summed E-state index contributed by atoms with van der Waals surface area (Å²) in [4.78, 5) is 19.3. The van der Waals surface area contributed by atoms with Gasteiger partial charge in [-0.2, -0.15) is 0 Å². The summed E-state index contributed by atoms with van der Waals surface area (Å²) < 4.78 is 18.9. The van der Waals surface area contributed by atoms with Crippen LogP contribution in [0, 0.1) is 5.82 Å². The van der Waals surface area contributed by atoms with E-state index in [9.17, 15) is 9.18 Å². The van der Waals surface area contributed by atoms with Gasteiger partial charge in [0.1, 0.15) is 0 Å². The first-order valence-electron chi connectivity index (χ1n) is 10.3. The van der Waals surface area contributed by atoms with Gasteiger partial charge in [-0.05, 0) is 35.7 Å². The normalized spacial score (nSPS) is 17.4. The zero-order valence-electron chi connectivity index (χ0n) is 16.9. The van der Waals surface area contributed by atoms with Crippen LogP contribution >= 0.6 is 0 Å². The van der Waals surface area contributed by atoms with Crippen molar-refractivity contribution in [3.8, 4) is 5.75 Å². The number of piperazine rings is 1. The van der Waals surface area contributed by atoms with Crippen LogP contribution in [0.25, 0.3) is 0 Å². The van der Waals surface area contributed by atoms with Crippen LogP contribution in [0.2, 0.25) is 0 Å². The summed E-state index contributed by atoms with van der Waals surface area (Å²) in [6.45, 7) is 6.04. The Bertz CT molecular complexity index is 865. The SMILES string of the molecule is COc1ccc(CN2CCN(CCC(=O)N3CCc4ccccc43)CC2)cc1F. The predicted molar refractivity (Wildman–Crippen MR) is 112 cm³/mol. The third-order valence-corrected chi connectivity index (χ3v) is 5.92. The van der Waals surface area contributed by atoms with Gasteiger partial charge in [0.2, 0.25) is 5.91 Å². The molecule has 1 amide bonds. The zero-order chi connectivity index (χ0) is 20.2. The number of hydrogen-bond acceptors (Lipinski definition) is 4. The van der Waals surface area contributed by atoms with Gasteiger partial charge in [0, 0.05) is 57.9 Å². The Hall–Kier alpha value is -2.44. The summed E-state index contributed by atoms with van der Waals surface area (Å²) in [5.74, 6) is 0.181. The number of para-hydroxylation sites is 1. The molecule has 4 rings (SSSR count). The van der Waals surface area contributed by atoms with E-state index in [-0.39, 0.29) is 17.5 Å². The fraction of sp³-hybridized carbons (Fsp3) is 0.435. The molecule has 2 aliphatic heterocycles. The van der Waals surface area contributed by atoms with Crippen molar-refractivity contribution in [3.63, 3.8) is 0 Å². The summed E-state index contributed by atoms with van der Waals surface area (Å²) in [5, 5.41) is 0. The Labute approximate surface area is 171 Å². The number of ether oxygens (including phenoxy) is 1. The third-order valence-electron chi connectivity index (χ3n) is 5.92. The minimum Gasteiger partial charge on any atom is -0.494 e. The molecule has 2 aromatic rings. The van der Waals surface area contributed by atoms with Crippen LogP contribution in [0.15, 0.2) is 42.5 Å². The summed E-state index contributed by atoms with van der Waals surface area (Å²) in [6, 6.07) is 13.3. The molecule has 2 aliphatic rings. The second-order valence-electron chi connectivity index (χ2n) is 7.76. The number of nitrogens with zero attached hydrogens (tertiary/aromatic N) is 3. The molecule has 1 saturated heterocycles. The smallest absolute Gasteiger partial charge is 0.228 e. The minimum absolute atomic E-state index is 0.214. The first-order valence-corrected chi connectivity index (χ1v) is 10.3. The Balaban J connectivity index is 1.22. The highest BCUT2D eigenvalue weighted by Crippen LogP contribution is 2.28. The summed E-state index contributed by atoms with van der Waals surface area (Å²) >= 11 is 0. The van der Waals surface area contributed by atoms with E-state index in [1.54, 1.807) is 12.1 Å². The number of halogens is 1. The van der Waals surface area contributed by atoms with Gasteiger partial charge in [-0.25, -0.2) is 4.39 Å². The number of anilines is 1. The molecule has 0 radical (unpaired) electrons. The molecule has 0 aliphatic carbocycles. The molecule has 0 unspecified atom stereocenters. The fourth-order valence-corrected chi connectivity index (χ4v) is 4.22. The molecule has 0 aromatic heterocycles. The molecule has 154 valence electrons. The summed E-state index contributed by atoms with van der Waals surface area (Å²) in [6.07, 6.45) is 1.50. The molecular weight excluding hydrogens is 369 g/mol. The van der Waals surface area contributed by atoms with Gasteiger partial charge in [0.15, 0.2) is 11.6 Å². The number of amides is 1. The van der Waals surface area contributed by atoms with E-state index >= 15 is 0 Å². The molecule has 2 heterocycles. The van der Waals surface area contributed by atoms with Gasteiger partial charge >= 0.3 is 0 Å². The Morgan fingerprint density at radius 1 is 1.03 bits per heavy atom. The quantitative estimate of drug-likeness (QED) is 0.751. The van der Waals surface area contributed by atoms with E-state index in [0.717, 1.165) is 63.5 Å². The molecule has 1 fully saturated rings. The third kappa shape index (κ3) is 4.60. The molecule has 6 heteroatoms. The maximum Gasteiger partial charge on any atom is 0.228 e. The number of hydrogen-bond donors (Lipinski definition) is 0. The Kier molecular flexibility index (Phi) is 6.11. The van der Waals surface area contributed by atoms with E-state index in [0.29, 0.717) is 6.42 Å². The molecule has 0 atom stereocenters. The number of benzene rings is 2. The van der Waals surface area contributed by atoms with Crippen molar-refractivity contribution >= 4 is 11.6 Å². The van der Waals surface area contributed by atoms with Crippen molar-refractivity contribution in [3.05, 3.63) is 59.4 Å². The van der Waals surface area contributed by atoms with Crippen molar-refractivity contribution in [2.75, 3.05) is 51.3 Å². The maximum absolute atomic E-state index is 13.9.